The van der Waals surface area contributed by atoms with Crippen LogP contribution < -0.4 is 0 Å². The van der Waals surface area contributed by atoms with Crippen molar-refractivity contribution in [1.82, 2.24) is 23.6 Å². The molecule has 0 aliphatic carbocycles. The number of hydrogen-bond acceptors (Lipinski definition) is 5. The molecule has 0 spiro atoms. The van der Waals surface area contributed by atoms with Crippen LogP contribution in [0.25, 0.3) is 0 Å². The van der Waals surface area contributed by atoms with Crippen LogP contribution in [0.1, 0.15) is 49.0 Å². The SMILES string of the molecule is O=C(O)c1cn(CC2CCCN(S(=O)(=O)N3CCCCCC3)C2)nn1. The van der Waals surface area contributed by atoms with Crippen molar-refractivity contribution in [2.75, 3.05) is 26.2 Å². The van der Waals surface area contributed by atoms with E-state index in [-0.39, 0.29) is 11.6 Å². The second kappa shape index (κ2) is 7.79. The quantitative estimate of drug-likeness (QED) is 0.820. The minimum atomic E-state index is -3.41. The lowest BCUT2D eigenvalue weighted by Gasteiger charge is -2.35. The third-order valence-electron chi connectivity index (χ3n) is 4.90. The van der Waals surface area contributed by atoms with Crippen LogP contribution in [0, 0.1) is 5.92 Å². The highest BCUT2D eigenvalue weighted by molar-refractivity contribution is 7.86. The third kappa shape index (κ3) is 4.36. The van der Waals surface area contributed by atoms with E-state index in [4.69, 9.17) is 5.11 Å². The van der Waals surface area contributed by atoms with Gasteiger partial charge < -0.3 is 5.11 Å². The van der Waals surface area contributed by atoms with Gasteiger partial charge in [0.15, 0.2) is 5.69 Å². The van der Waals surface area contributed by atoms with E-state index < -0.39 is 16.2 Å². The maximum Gasteiger partial charge on any atom is 0.358 e. The maximum absolute atomic E-state index is 12.9. The van der Waals surface area contributed by atoms with Gasteiger partial charge in [-0.2, -0.15) is 17.0 Å². The van der Waals surface area contributed by atoms with Crippen molar-refractivity contribution in [2.24, 2.45) is 5.92 Å². The molecule has 0 aromatic carbocycles. The van der Waals surface area contributed by atoms with E-state index in [0.29, 0.717) is 32.7 Å². The molecule has 140 valence electrons. The van der Waals surface area contributed by atoms with Crippen LogP contribution >= 0.6 is 0 Å². The van der Waals surface area contributed by atoms with Crippen molar-refractivity contribution >= 4 is 16.2 Å². The molecule has 3 heterocycles. The summed E-state index contributed by atoms with van der Waals surface area (Å²) in [5, 5.41) is 16.3. The summed E-state index contributed by atoms with van der Waals surface area (Å²) in [6, 6.07) is 0. The Hall–Kier alpha value is -1.52. The minimum Gasteiger partial charge on any atom is -0.476 e. The number of piperidine rings is 1. The Morgan fingerprint density at radius 3 is 2.44 bits per heavy atom. The monoisotopic (exact) mass is 371 g/mol. The number of hydrogen-bond donors (Lipinski definition) is 1. The molecule has 3 rings (SSSR count). The van der Waals surface area contributed by atoms with Crippen LogP contribution in [-0.4, -0.2) is 69.3 Å². The average molecular weight is 371 g/mol. The molecule has 0 bridgehead atoms. The molecular weight excluding hydrogens is 346 g/mol. The van der Waals surface area contributed by atoms with Crippen LogP contribution in [0.5, 0.6) is 0 Å². The molecule has 0 amide bonds. The Morgan fingerprint density at radius 2 is 1.80 bits per heavy atom. The second-order valence-electron chi connectivity index (χ2n) is 6.82. The number of nitrogens with zero attached hydrogens (tertiary/aromatic N) is 5. The van der Waals surface area contributed by atoms with Crippen molar-refractivity contribution in [3.05, 3.63) is 11.9 Å². The van der Waals surface area contributed by atoms with Gasteiger partial charge in [0, 0.05) is 32.7 Å². The fourth-order valence-corrected chi connectivity index (χ4v) is 5.38. The lowest BCUT2D eigenvalue weighted by atomic mass is 10.00. The fraction of sp³-hybridized carbons (Fsp3) is 0.800. The van der Waals surface area contributed by atoms with Gasteiger partial charge >= 0.3 is 5.97 Å². The summed E-state index contributed by atoms with van der Waals surface area (Å²) in [5.41, 5.74) is -0.0927. The first-order chi connectivity index (χ1) is 12.0. The van der Waals surface area contributed by atoms with Crippen LogP contribution in [-0.2, 0) is 16.8 Å². The summed E-state index contributed by atoms with van der Waals surface area (Å²) in [6.07, 6.45) is 7.12. The molecule has 0 saturated carbocycles. The number of carbonyl (C=O) groups is 1. The van der Waals surface area contributed by atoms with Crippen molar-refractivity contribution in [3.63, 3.8) is 0 Å². The molecule has 1 aromatic rings. The molecule has 1 aromatic heterocycles. The zero-order chi connectivity index (χ0) is 17.9. The van der Waals surface area contributed by atoms with Gasteiger partial charge in [-0.1, -0.05) is 18.1 Å². The molecule has 1 unspecified atom stereocenters. The molecule has 9 nitrogen and oxygen atoms in total. The Bertz CT molecular complexity index is 697. The second-order valence-corrected chi connectivity index (χ2v) is 8.75. The van der Waals surface area contributed by atoms with Gasteiger partial charge in [-0.05, 0) is 31.6 Å². The van der Waals surface area contributed by atoms with Crippen molar-refractivity contribution in [1.29, 1.82) is 0 Å². The molecule has 2 saturated heterocycles. The summed E-state index contributed by atoms with van der Waals surface area (Å²) in [7, 11) is -3.41. The lowest BCUT2D eigenvalue weighted by Crippen LogP contribution is -2.48. The van der Waals surface area contributed by atoms with Crippen molar-refractivity contribution in [2.45, 2.75) is 45.1 Å². The van der Waals surface area contributed by atoms with Crippen LogP contribution in [0.3, 0.4) is 0 Å². The molecule has 0 radical (unpaired) electrons. The largest absolute Gasteiger partial charge is 0.476 e. The van der Waals surface area contributed by atoms with E-state index in [1.807, 2.05) is 0 Å². The van der Waals surface area contributed by atoms with E-state index in [9.17, 15) is 13.2 Å². The van der Waals surface area contributed by atoms with Crippen molar-refractivity contribution in [3.8, 4) is 0 Å². The maximum atomic E-state index is 12.9. The number of aromatic nitrogens is 3. The van der Waals surface area contributed by atoms with Gasteiger partial charge in [0.2, 0.25) is 0 Å². The van der Waals surface area contributed by atoms with Crippen LogP contribution in [0.4, 0.5) is 0 Å². The summed E-state index contributed by atoms with van der Waals surface area (Å²) in [5.74, 6) is -1.00. The first-order valence-electron chi connectivity index (χ1n) is 8.85. The highest BCUT2D eigenvalue weighted by atomic mass is 32.2. The molecule has 10 heteroatoms. The molecule has 1 N–H and O–H groups in total. The van der Waals surface area contributed by atoms with E-state index in [0.717, 1.165) is 38.5 Å². The predicted octanol–water partition coefficient (Wildman–Crippen LogP) is 0.809. The number of carboxylic acids is 1. The summed E-state index contributed by atoms with van der Waals surface area (Å²) in [6.45, 7) is 2.68. The summed E-state index contributed by atoms with van der Waals surface area (Å²) >= 11 is 0. The standard InChI is InChI=1S/C15H25N5O4S/c21-15(22)14-12-18(17-16-14)10-13-6-5-9-20(11-13)25(23,24)19-7-3-1-2-4-8-19/h12-13H,1-11H2,(H,21,22). The zero-order valence-electron chi connectivity index (χ0n) is 14.2. The van der Waals surface area contributed by atoms with Gasteiger partial charge in [0.1, 0.15) is 0 Å². The van der Waals surface area contributed by atoms with E-state index in [1.165, 1.54) is 10.9 Å². The zero-order valence-corrected chi connectivity index (χ0v) is 15.1. The highest BCUT2D eigenvalue weighted by Crippen LogP contribution is 2.24. The Kier molecular flexibility index (Phi) is 5.70. The molecule has 2 aliphatic heterocycles. The first kappa shape index (κ1) is 18.3. The molecule has 2 fully saturated rings. The Morgan fingerprint density at radius 1 is 1.12 bits per heavy atom. The summed E-state index contributed by atoms with van der Waals surface area (Å²) < 4.78 is 30.6. The number of aromatic carboxylic acids is 1. The Labute approximate surface area is 147 Å². The third-order valence-corrected chi connectivity index (χ3v) is 6.90. The lowest BCUT2D eigenvalue weighted by molar-refractivity contribution is 0.0690. The van der Waals surface area contributed by atoms with E-state index in [1.54, 1.807) is 8.61 Å². The van der Waals surface area contributed by atoms with Gasteiger partial charge in [-0.15, -0.1) is 5.10 Å². The molecule has 1 atom stereocenters. The first-order valence-corrected chi connectivity index (χ1v) is 10.2. The fourth-order valence-electron chi connectivity index (χ4n) is 3.57. The molecule has 2 aliphatic rings. The van der Waals surface area contributed by atoms with E-state index in [2.05, 4.69) is 10.3 Å². The topological polar surface area (TPSA) is 109 Å². The van der Waals surface area contributed by atoms with Gasteiger partial charge in [0.05, 0.1) is 6.20 Å². The van der Waals surface area contributed by atoms with Gasteiger partial charge in [0.25, 0.3) is 10.2 Å². The summed E-state index contributed by atoms with van der Waals surface area (Å²) in [4.78, 5) is 10.9. The minimum absolute atomic E-state index is 0.0927. The van der Waals surface area contributed by atoms with E-state index >= 15 is 0 Å². The smallest absolute Gasteiger partial charge is 0.358 e. The normalized spacial score (nSPS) is 24.1. The van der Waals surface area contributed by atoms with Crippen molar-refractivity contribution < 1.29 is 18.3 Å². The molecular formula is C15H25N5O4S. The van der Waals surface area contributed by atoms with Gasteiger partial charge in [-0.25, -0.2) is 4.79 Å². The number of carboxylic acid groups (broad SMARTS) is 1. The van der Waals surface area contributed by atoms with Crippen LogP contribution in [0.15, 0.2) is 6.20 Å². The number of rotatable bonds is 5. The van der Waals surface area contributed by atoms with Crippen LogP contribution in [0.2, 0.25) is 0 Å². The van der Waals surface area contributed by atoms with Gasteiger partial charge in [-0.3, -0.25) is 4.68 Å². The highest BCUT2D eigenvalue weighted by Gasteiger charge is 2.34. The average Bonchev–Trinajstić information content (AvgIpc) is 2.88. The Balaban J connectivity index is 1.64. The predicted molar refractivity (Wildman–Crippen MR) is 90.2 cm³/mol. The molecule has 25 heavy (non-hydrogen) atoms.